The van der Waals surface area contributed by atoms with Crippen LogP contribution in [-0.4, -0.2) is 55.1 Å². The number of benzene rings is 2. The average molecular weight is 499 g/mol. The van der Waals surface area contributed by atoms with Gasteiger partial charge in [-0.1, -0.05) is 54.3 Å². The van der Waals surface area contributed by atoms with Gasteiger partial charge in [-0.05, 0) is 31.5 Å². The molecule has 2 aromatic carbocycles. The number of hydroxylamine groups is 2. The maximum Gasteiger partial charge on any atom is 0.269 e. The lowest BCUT2D eigenvalue weighted by Crippen LogP contribution is -2.51. The highest BCUT2D eigenvalue weighted by Crippen LogP contribution is 2.52. The number of imide groups is 1. The minimum atomic E-state index is -1.03. The molecule has 0 N–H and O–H groups in total. The molecule has 0 radical (unpaired) electrons. The van der Waals surface area contributed by atoms with Crippen molar-refractivity contribution < 1.29 is 19.3 Å². The number of nitro benzene ring substituents is 1. The van der Waals surface area contributed by atoms with Crippen LogP contribution in [0.25, 0.3) is 0 Å². The van der Waals surface area contributed by atoms with Crippen LogP contribution >= 0.6 is 24.0 Å². The van der Waals surface area contributed by atoms with Crippen molar-refractivity contribution >= 4 is 51.5 Å². The Morgan fingerprint density at radius 3 is 2.41 bits per heavy atom. The molecule has 3 heterocycles. The van der Waals surface area contributed by atoms with E-state index in [1.807, 2.05) is 25.8 Å². The molecule has 0 unspecified atom stereocenters. The van der Waals surface area contributed by atoms with E-state index >= 15 is 0 Å². The topological polar surface area (TPSA) is 96.2 Å². The van der Waals surface area contributed by atoms with Crippen LogP contribution in [0.3, 0.4) is 0 Å². The van der Waals surface area contributed by atoms with E-state index in [2.05, 4.69) is 0 Å². The van der Waals surface area contributed by atoms with Gasteiger partial charge < -0.3 is 4.90 Å². The normalized spacial score (nSPS) is 28.6. The zero-order valence-electron chi connectivity index (χ0n) is 18.7. The summed E-state index contributed by atoms with van der Waals surface area (Å²) in [5.41, 5.74) is 0.430. The van der Waals surface area contributed by atoms with Crippen molar-refractivity contribution in [3.05, 3.63) is 70.3 Å². The molecule has 4 atom stereocenters. The Bertz CT molecular complexity index is 1210. The molecule has 3 saturated heterocycles. The minimum absolute atomic E-state index is 0.0939. The number of anilines is 1. The third-order valence-electron chi connectivity index (χ3n) is 6.77. The molecule has 2 amide bonds. The van der Waals surface area contributed by atoms with Crippen LogP contribution in [0.5, 0.6) is 0 Å². The molecule has 3 aliphatic heterocycles. The molecule has 176 valence electrons. The van der Waals surface area contributed by atoms with Gasteiger partial charge in [0.1, 0.15) is 9.69 Å². The van der Waals surface area contributed by atoms with Crippen molar-refractivity contribution in [1.29, 1.82) is 0 Å². The molecule has 34 heavy (non-hydrogen) atoms. The van der Waals surface area contributed by atoms with Gasteiger partial charge >= 0.3 is 0 Å². The van der Waals surface area contributed by atoms with Gasteiger partial charge in [-0.2, -0.15) is 5.06 Å². The fourth-order valence-corrected chi connectivity index (χ4v) is 6.55. The first-order valence-electron chi connectivity index (χ1n) is 10.7. The molecule has 3 fully saturated rings. The number of amides is 2. The van der Waals surface area contributed by atoms with Crippen LogP contribution in [0.4, 0.5) is 11.4 Å². The molecule has 0 spiro atoms. The van der Waals surface area contributed by atoms with E-state index in [4.69, 9.17) is 17.1 Å². The summed E-state index contributed by atoms with van der Waals surface area (Å²) in [5, 5.41) is 12.8. The number of para-hydroxylation sites is 1. The van der Waals surface area contributed by atoms with Gasteiger partial charge in [-0.3, -0.25) is 24.5 Å². The van der Waals surface area contributed by atoms with Crippen molar-refractivity contribution in [2.75, 3.05) is 11.9 Å². The lowest BCUT2D eigenvalue weighted by molar-refractivity contribution is -0.385. The Labute approximate surface area is 205 Å². The largest absolute Gasteiger partial charge is 0.353 e. The summed E-state index contributed by atoms with van der Waals surface area (Å²) in [7, 11) is 1.89. The third-order valence-corrected chi connectivity index (χ3v) is 8.81. The molecule has 0 aliphatic carbocycles. The van der Waals surface area contributed by atoms with Crippen LogP contribution in [0.2, 0.25) is 0 Å². The molecule has 0 aromatic heterocycles. The number of non-ortho nitro benzene ring substituents is 1. The lowest BCUT2D eigenvalue weighted by Gasteiger charge is -2.39. The SMILES string of the molecule is CN1C(=S)S[C@H](N2O[C@@H]3C(=O)N(c4ccccc4)C(=O)[C@@H]3[C@H]2c2cccc([N+](=O)[O-])c2)C1(C)C. The Morgan fingerprint density at radius 1 is 1.09 bits per heavy atom. The van der Waals surface area contributed by atoms with Crippen molar-refractivity contribution in [2.24, 2.45) is 5.92 Å². The zero-order valence-corrected chi connectivity index (χ0v) is 20.3. The molecular weight excluding hydrogens is 476 g/mol. The summed E-state index contributed by atoms with van der Waals surface area (Å²) in [6.45, 7) is 4.01. The monoisotopic (exact) mass is 498 g/mol. The standard InChI is InChI=1S/C23H22N4O5S2/c1-23(2)21(34-22(33)24(23)3)26-17(13-8-7-11-15(12-13)27(30)31)16-18(32-26)20(29)25(19(16)28)14-9-5-4-6-10-14/h4-12,16-18,21H,1-3H3/t16-,17-,18+,21+/m1/s1. The summed E-state index contributed by atoms with van der Waals surface area (Å²) in [6, 6.07) is 14.2. The summed E-state index contributed by atoms with van der Waals surface area (Å²) in [5.74, 6) is -1.70. The van der Waals surface area contributed by atoms with Crippen molar-refractivity contribution in [3.63, 3.8) is 0 Å². The second-order valence-corrected chi connectivity index (χ2v) is 10.7. The molecular formula is C23H22N4O5S2. The maximum atomic E-state index is 13.7. The van der Waals surface area contributed by atoms with E-state index in [0.29, 0.717) is 15.6 Å². The Balaban J connectivity index is 1.61. The number of nitrogens with zero attached hydrogens (tertiary/aromatic N) is 4. The quantitative estimate of drug-likeness (QED) is 0.272. The molecule has 9 nitrogen and oxygen atoms in total. The second-order valence-electron chi connectivity index (χ2n) is 9.00. The molecule has 0 saturated carbocycles. The van der Waals surface area contributed by atoms with E-state index < -0.39 is 40.3 Å². The van der Waals surface area contributed by atoms with Crippen LogP contribution in [0.15, 0.2) is 54.6 Å². The van der Waals surface area contributed by atoms with Gasteiger partial charge in [-0.25, -0.2) is 4.90 Å². The summed E-state index contributed by atoms with van der Waals surface area (Å²) >= 11 is 6.93. The molecule has 3 aliphatic rings. The van der Waals surface area contributed by atoms with E-state index in [-0.39, 0.29) is 11.1 Å². The van der Waals surface area contributed by atoms with Crippen LogP contribution in [-0.2, 0) is 14.4 Å². The number of carbonyl (C=O) groups excluding carboxylic acids is 2. The van der Waals surface area contributed by atoms with E-state index in [1.54, 1.807) is 47.5 Å². The van der Waals surface area contributed by atoms with Crippen LogP contribution in [0.1, 0.15) is 25.5 Å². The first-order valence-corrected chi connectivity index (χ1v) is 12.0. The number of carbonyl (C=O) groups is 2. The van der Waals surface area contributed by atoms with Crippen LogP contribution in [0, 0.1) is 16.0 Å². The van der Waals surface area contributed by atoms with E-state index in [9.17, 15) is 19.7 Å². The van der Waals surface area contributed by atoms with Gasteiger partial charge in [-0.15, -0.1) is 0 Å². The highest BCUT2D eigenvalue weighted by Gasteiger charge is 2.63. The second kappa shape index (κ2) is 8.12. The Hall–Kier alpha value is -2.86. The maximum absolute atomic E-state index is 13.7. The van der Waals surface area contributed by atoms with Gasteiger partial charge in [0, 0.05) is 19.2 Å². The first kappa shape index (κ1) is 22.9. The average Bonchev–Trinajstić information content (AvgIpc) is 3.39. The number of hydrogen-bond donors (Lipinski definition) is 0. The molecule has 11 heteroatoms. The molecule has 0 bridgehead atoms. The van der Waals surface area contributed by atoms with Crippen LogP contribution < -0.4 is 4.90 Å². The van der Waals surface area contributed by atoms with Crippen molar-refractivity contribution in [3.8, 4) is 0 Å². The minimum Gasteiger partial charge on any atom is -0.353 e. The summed E-state index contributed by atoms with van der Waals surface area (Å²) < 4.78 is 0.664. The highest BCUT2D eigenvalue weighted by molar-refractivity contribution is 8.23. The fourth-order valence-electron chi connectivity index (χ4n) is 4.73. The summed E-state index contributed by atoms with van der Waals surface area (Å²) in [4.78, 5) is 47.4. The predicted octanol–water partition coefficient (Wildman–Crippen LogP) is 3.51. The first-order chi connectivity index (χ1) is 16.1. The number of thioether (sulfide) groups is 1. The number of nitro groups is 1. The smallest absolute Gasteiger partial charge is 0.269 e. The van der Waals surface area contributed by atoms with Crippen molar-refractivity contribution in [2.45, 2.75) is 36.9 Å². The third kappa shape index (κ3) is 3.34. The number of hydrogen-bond acceptors (Lipinski definition) is 8. The number of likely N-dealkylation sites (N-methyl/N-ethyl adjacent to an activating group) is 1. The van der Waals surface area contributed by atoms with Gasteiger partial charge in [0.2, 0.25) is 5.91 Å². The van der Waals surface area contributed by atoms with Gasteiger partial charge in [0.25, 0.3) is 11.6 Å². The lowest BCUT2D eigenvalue weighted by atomic mass is 9.89. The number of fused-ring (bicyclic) bond motifs is 1. The van der Waals surface area contributed by atoms with Gasteiger partial charge in [0.15, 0.2) is 6.10 Å². The molecule has 5 rings (SSSR count). The van der Waals surface area contributed by atoms with E-state index in [0.717, 1.165) is 4.90 Å². The Kier molecular flexibility index (Phi) is 5.47. The van der Waals surface area contributed by atoms with E-state index in [1.165, 1.54) is 23.9 Å². The fraction of sp³-hybridized carbons (Fsp3) is 0.348. The summed E-state index contributed by atoms with van der Waals surface area (Å²) in [6.07, 6.45) is -1.03. The highest BCUT2D eigenvalue weighted by atomic mass is 32.2. The molecule has 2 aromatic rings. The number of rotatable bonds is 4. The van der Waals surface area contributed by atoms with Gasteiger partial charge in [0.05, 0.1) is 28.1 Å². The van der Waals surface area contributed by atoms with Crippen molar-refractivity contribution in [1.82, 2.24) is 9.96 Å². The zero-order chi connectivity index (χ0) is 24.4. The predicted molar refractivity (Wildman–Crippen MR) is 131 cm³/mol. The Morgan fingerprint density at radius 2 is 1.79 bits per heavy atom. The number of thiocarbonyl (C=S) groups is 1.